The smallest absolute Gasteiger partial charge is 0.242 e. The molecule has 0 bridgehead atoms. The van der Waals surface area contributed by atoms with Crippen molar-refractivity contribution in [1.29, 1.82) is 0 Å². The van der Waals surface area contributed by atoms with Crippen LogP contribution in [-0.2, 0) is 9.59 Å². The minimum absolute atomic E-state index is 0.0369. The number of amides is 2. The predicted molar refractivity (Wildman–Crippen MR) is 120 cm³/mol. The molecular formula is C24H24N2O2S. The van der Waals surface area contributed by atoms with Crippen molar-refractivity contribution in [1.82, 2.24) is 0 Å². The highest BCUT2D eigenvalue weighted by molar-refractivity contribution is 8.00. The molecule has 0 aromatic heterocycles. The van der Waals surface area contributed by atoms with Crippen LogP contribution in [0.4, 0.5) is 11.4 Å². The fourth-order valence-electron chi connectivity index (χ4n) is 2.67. The van der Waals surface area contributed by atoms with E-state index >= 15 is 0 Å². The van der Waals surface area contributed by atoms with E-state index in [1.54, 1.807) is 24.3 Å². The molecule has 1 atom stereocenters. The summed E-state index contributed by atoms with van der Waals surface area (Å²) in [7, 11) is 0. The zero-order valence-electron chi connectivity index (χ0n) is 16.5. The highest BCUT2D eigenvalue weighted by Crippen LogP contribution is 2.36. The van der Waals surface area contributed by atoms with E-state index in [0.29, 0.717) is 11.4 Å². The van der Waals surface area contributed by atoms with E-state index in [1.807, 2.05) is 74.5 Å². The van der Waals surface area contributed by atoms with Crippen LogP contribution in [-0.4, -0.2) is 11.8 Å². The van der Waals surface area contributed by atoms with Gasteiger partial charge in [0.1, 0.15) is 5.25 Å². The number of hydrogen-bond donors (Lipinski definition) is 2. The van der Waals surface area contributed by atoms with Gasteiger partial charge in [-0.15, -0.1) is 11.8 Å². The van der Waals surface area contributed by atoms with Gasteiger partial charge in [-0.1, -0.05) is 62.4 Å². The predicted octanol–water partition coefficient (Wildman–Crippen LogP) is 5.75. The van der Waals surface area contributed by atoms with Crippen LogP contribution >= 0.6 is 11.8 Å². The number of carbonyl (C=O) groups is 2. The minimum Gasteiger partial charge on any atom is -0.326 e. The second-order valence-corrected chi connectivity index (χ2v) is 8.11. The fraction of sp³-hybridized carbons (Fsp3) is 0.167. The molecule has 2 amide bonds. The molecule has 0 saturated heterocycles. The van der Waals surface area contributed by atoms with Crippen LogP contribution < -0.4 is 10.6 Å². The molecule has 5 heteroatoms. The Bertz CT molecular complexity index is 942. The first kappa shape index (κ1) is 20.7. The lowest BCUT2D eigenvalue weighted by atomic mass is 10.1. The maximum atomic E-state index is 13.1. The summed E-state index contributed by atoms with van der Waals surface area (Å²) in [5.41, 5.74) is 2.34. The van der Waals surface area contributed by atoms with Crippen molar-refractivity contribution in [3.63, 3.8) is 0 Å². The Kier molecular flexibility index (Phi) is 7.09. The van der Waals surface area contributed by atoms with Gasteiger partial charge in [0.2, 0.25) is 11.8 Å². The Morgan fingerprint density at radius 2 is 1.17 bits per heavy atom. The van der Waals surface area contributed by atoms with Crippen molar-refractivity contribution in [2.24, 2.45) is 5.92 Å². The number of nitrogens with one attached hydrogen (secondary N) is 2. The van der Waals surface area contributed by atoms with Gasteiger partial charge >= 0.3 is 0 Å². The number of benzene rings is 3. The molecule has 1 unspecified atom stereocenters. The molecule has 0 heterocycles. The molecule has 0 fully saturated rings. The van der Waals surface area contributed by atoms with E-state index in [-0.39, 0.29) is 23.0 Å². The number of carbonyl (C=O) groups excluding carboxylic acids is 2. The molecule has 3 rings (SSSR count). The molecule has 0 saturated carbocycles. The van der Waals surface area contributed by atoms with Crippen molar-refractivity contribution in [3.05, 3.63) is 90.5 Å². The van der Waals surface area contributed by atoms with Crippen LogP contribution in [0.15, 0.2) is 89.8 Å². The van der Waals surface area contributed by atoms with Crippen LogP contribution in [0.25, 0.3) is 0 Å². The molecule has 0 spiro atoms. The van der Waals surface area contributed by atoms with E-state index in [1.165, 1.54) is 11.8 Å². The number of rotatable bonds is 7. The normalized spacial score (nSPS) is 11.7. The van der Waals surface area contributed by atoms with Gasteiger partial charge in [0.25, 0.3) is 0 Å². The van der Waals surface area contributed by atoms with E-state index in [4.69, 9.17) is 0 Å². The number of hydrogen-bond acceptors (Lipinski definition) is 3. The van der Waals surface area contributed by atoms with Crippen LogP contribution in [0, 0.1) is 5.92 Å². The molecule has 0 aliphatic carbocycles. The molecule has 148 valence electrons. The van der Waals surface area contributed by atoms with Crippen molar-refractivity contribution in [2.75, 3.05) is 10.6 Å². The molecular weight excluding hydrogens is 380 g/mol. The maximum Gasteiger partial charge on any atom is 0.242 e. The highest BCUT2D eigenvalue weighted by Gasteiger charge is 2.22. The van der Waals surface area contributed by atoms with Crippen molar-refractivity contribution in [3.8, 4) is 0 Å². The van der Waals surface area contributed by atoms with E-state index in [2.05, 4.69) is 10.6 Å². The monoisotopic (exact) mass is 404 g/mol. The summed E-state index contributed by atoms with van der Waals surface area (Å²) in [6.07, 6.45) is 0. The van der Waals surface area contributed by atoms with Gasteiger partial charge in [0, 0.05) is 22.2 Å². The average Bonchev–Trinajstić information content (AvgIpc) is 2.74. The Morgan fingerprint density at radius 1 is 0.690 bits per heavy atom. The molecule has 2 N–H and O–H groups in total. The Morgan fingerprint density at radius 3 is 1.69 bits per heavy atom. The zero-order valence-corrected chi connectivity index (χ0v) is 17.3. The van der Waals surface area contributed by atoms with Gasteiger partial charge in [-0.2, -0.15) is 0 Å². The summed E-state index contributed by atoms with van der Waals surface area (Å²) in [6.45, 7) is 3.69. The number of thioether (sulfide) groups is 1. The topological polar surface area (TPSA) is 58.2 Å². The third-order valence-electron chi connectivity index (χ3n) is 4.28. The van der Waals surface area contributed by atoms with Crippen LogP contribution in [0.3, 0.4) is 0 Å². The van der Waals surface area contributed by atoms with Gasteiger partial charge in [0.05, 0.1) is 0 Å². The fourth-order valence-corrected chi connectivity index (χ4v) is 3.71. The molecule has 0 aliphatic rings. The van der Waals surface area contributed by atoms with Crippen LogP contribution in [0.1, 0.15) is 24.7 Å². The summed E-state index contributed by atoms with van der Waals surface area (Å²) in [5.74, 6) is -0.217. The molecule has 0 aliphatic heterocycles. The first-order valence-electron chi connectivity index (χ1n) is 9.51. The average molecular weight is 405 g/mol. The van der Waals surface area contributed by atoms with Crippen molar-refractivity contribution >= 4 is 35.0 Å². The van der Waals surface area contributed by atoms with Crippen molar-refractivity contribution < 1.29 is 9.59 Å². The molecule has 3 aromatic rings. The van der Waals surface area contributed by atoms with Gasteiger partial charge < -0.3 is 10.6 Å². The standard InChI is InChI=1S/C24H24N2O2S/c1-17(2)23(27)25-19-13-15-20(16-14-19)26-24(28)22(18-9-5-3-6-10-18)29-21-11-7-4-8-12-21/h3-17,22H,1-2H3,(H,25,27)(H,26,28). The summed E-state index contributed by atoms with van der Waals surface area (Å²) in [5, 5.41) is 5.46. The minimum atomic E-state index is -0.376. The maximum absolute atomic E-state index is 13.1. The third-order valence-corrected chi connectivity index (χ3v) is 5.55. The van der Waals surface area contributed by atoms with Crippen molar-refractivity contribution in [2.45, 2.75) is 24.0 Å². The Hall–Kier alpha value is -3.05. The van der Waals surface area contributed by atoms with Crippen LogP contribution in [0.2, 0.25) is 0 Å². The molecule has 4 nitrogen and oxygen atoms in total. The zero-order chi connectivity index (χ0) is 20.6. The SMILES string of the molecule is CC(C)C(=O)Nc1ccc(NC(=O)C(Sc2ccccc2)c2ccccc2)cc1. The Labute approximate surface area is 175 Å². The first-order chi connectivity index (χ1) is 14.0. The lowest BCUT2D eigenvalue weighted by Crippen LogP contribution is -2.19. The third kappa shape index (κ3) is 5.96. The van der Waals surface area contributed by atoms with E-state index in [9.17, 15) is 9.59 Å². The van der Waals surface area contributed by atoms with E-state index in [0.717, 1.165) is 10.5 Å². The Balaban J connectivity index is 1.73. The second-order valence-electron chi connectivity index (χ2n) is 6.93. The number of anilines is 2. The lowest BCUT2D eigenvalue weighted by molar-refractivity contribution is -0.119. The summed E-state index contributed by atoms with van der Waals surface area (Å²) >= 11 is 1.51. The summed E-state index contributed by atoms with van der Waals surface area (Å²) in [4.78, 5) is 25.9. The summed E-state index contributed by atoms with van der Waals surface area (Å²) < 4.78 is 0. The first-order valence-corrected chi connectivity index (χ1v) is 10.4. The van der Waals surface area contributed by atoms with Gasteiger partial charge in [-0.3, -0.25) is 9.59 Å². The van der Waals surface area contributed by atoms with Crippen LogP contribution in [0.5, 0.6) is 0 Å². The largest absolute Gasteiger partial charge is 0.326 e. The van der Waals surface area contributed by atoms with Gasteiger partial charge in [0.15, 0.2) is 0 Å². The lowest BCUT2D eigenvalue weighted by Gasteiger charge is -2.17. The quantitative estimate of drug-likeness (QED) is 0.493. The van der Waals surface area contributed by atoms with E-state index < -0.39 is 0 Å². The second kappa shape index (κ2) is 9.94. The molecule has 0 radical (unpaired) electrons. The molecule has 3 aromatic carbocycles. The van der Waals surface area contributed by atoms with Gasteiger partial charge in [-0.05, 0) is 42.0 Å². The summed E-state index contributed by atoms with van der Waals surface area (Å²) in [6, 6.07) is 26.8. The highest BCUT2D eigenvalue weighted by atomic mass is 32.2. The molecule has 29 heavy (non-hydrogen) atoms. The van der Waals surface area contributed by atoms with Gasteiger partial charge in [-0.25, -0.2) is 0 Å².